The van der Waals surface area contributed by atoms with E-state index < -0.39 is 4.92 Å². The van der Waals surface area contributed by atoms with Crippen LogP contribution in [-0.2, 0) is 6.42 Å². The lowest BCUT2D eigenvalue weighted by Crippen LogP contribution is -2.01. The van der Waals surface area contributed by atoms with Crippen LogP contribution in [0.4, 0.5) is 5.82 Å². The Hall–Kier alpha value is -2.30. The molecule has 2 aromatic rings. The van der Waals surface area contributed by atoms with Crippen molar-refractivity contribution in [1.82, 2.24) is 9.97 Å². The van der Waals surface area contributed by atoms with Crippen LogP contribution in [0.3, 0.4) is 0 Å². The van der Waals surface area contributed by atoms with Gasteiger partial charge < -0.3 is 10.1 Å². The van der Waals surface area contributed by atoms with E-state index in [4.69, 9.17) is 0 Å². The highest BCUT2D eigenvalue weighted by molar-refractivity contribution is 5.36. The Morgan fingerprint density at radius 2 is 1.94 bits per heavy atom. The second-order valence-corrected chi connectivity index (χ2v) is 3.69. The van der Waals surface area contributed by atoms with Crippen molar-refractivity contribution < 1.29 is 4.92 Å². The van der Waals surface area contributed by atoms with Crippen LogP contribution < -0.4 is 0 Å². The zero-order valence-corrected chi connectivity index (χ0v) is 9.33. The minimum absolute atomic E-state index is 0.0995. The van der Waals surface area contributed by atoms with Crippen LogP contribution in [-0.4, -0.2) is 14.9 Å². The molecule has 0 saturated carbocycles. The molecule has 5 heteroatoms. The number of nitrogens with zero attached hydrogens (tertiary/aromatic N) is 3. The van der Waals surface area contributed by atoms with Crippen molar-refractivity contribution in [2.45, 2.75) is 13.3 Å². The lowest BCUT2D eigenvalue weighted by atomic mass is 10.1. The molecule has 0 aliphatic heterocycles. The van der Waals surface area contributed by atoms with Crippen LogP contribution in [0.15, 0.2) is 36.7 Å². The van der Waals surface area contributed by atoms with Crippen LogP contribution in [0.2, 0.25) is 0 Å². The molecule has 0 N–H and O–H groups in total. The number of hydrogen-bond donors (Lipinski definition) is 0. The predicted molar refractivity (Wildman–Crippen MR) is 62.7 cm³/mol. The Kier molecular flexibility index (Phi) is 3.09. The minimum atomic E-state index is -0.465. The summed E-state index contributed by atoms with van der Waals surface area (Å²) in [5, 5.41) is 10.8. The maximum Gasteiger partial charge on any atom is 0.366 e. The zero-order chi connectivity index (χ0) is 12.3. The molecule has 0 fully saturated rings. The van der Waals surface area contributed by atoms with Gasteiger partial charge in [0.05, 0.1) is 5.56 Å². The van der Waals surface area contributed by atoms with Crippen LogP contribution in [0, 0.1) is 17.0 Å². The molecule has 0 unspecified atom stereocenters. The molecule has 86 valence electrons. The van der Waals surface area contributed by atoms with E-state index in [0.717, 1.165) is 11.3 Å². The van der Waals surface area contributed by atoms with Crippen LogP contribution in [0.25, 0.3) is 0 Å². The number of aromatic nitrogens is 2. The van der Waals surface area contributed by atoms with Crippen molar-refractivity contribution in [3.63, 3.8) is 0 Å². The monoisotopic (exact) mass is 229 g/mol. The van der Waals surface area contributed by atoms with Gasteiger partial charge in [0.1, 0.15) is 6.20 Å². The molecule has 17 heavy (non-hydrogen) atoms. The van der Waals surface area contributed by atoms with Gasteiger partial charge in [-0.25, -0.2) is 0 Å². The van der Waals surface area contributed by atoms with Crippen LogP contribution >= 0.6 is 0 Å². The van der Waals surface area contributed by atoms with Crippen molar-refractivity contribution in [3.05, 3.63) is 63.6 Å². The second kappa shape index (κ2) is 4.69. The molecule has 0 amide bonds. The Bertz CT molecular complexity index is 555. The van der Waals surface area contributed by atoms with Crippen molar-refractivity contribution in [2.24, 2.45) is 0 Å². The largest absolute Gasteiger partial charge is 0.366 e. The summed E-state index contributed by atoms with van der Waals surface area (Å²) in [5.41, 5.74) is 2.44. The normalized spacial score (nSPS) is 10.2. The van der Waals surface area contributed by atoms with Crippen molar-refractivity contribution in [2.75, 3.05) is 0 Å². The van der Waals surface area contributed by atoms with Gasteiger partial charge in [0.25, 0.3) is 0 Å². The molecule has 0 aromatic carbocycles. The van der Waals surface area contributed by atoms with E-state index in [1.807, 2.05) is 19.1 Å². The van der Waals surface area contributed by atoms with Crippen LogP contribution in [0.1, 0.15) is 16.8 Å². The topological polar surface area (TPSA) is 68.9 Å². The highest BCUT2D eigenvalue weighted by Crippen LogP contribution is 2.18. The standard InChI is InChI=1S/C12H11N3O2/c1-9-4-2-6-13-11(9)8-10-5-3-7-14-12(10)15(16)17/h2-7H,8H2,1H3. The third-order valence-electron chi connectivity index (χ3n) is 2.52. The molecular formula is C12H11N3O2. The number of aryl methyl sites for hydroxylation is 1. The average molecular weight is 229 g/mol. The first-order chi connectivity index (χ1) is 8.18. The number of pyridine rings is 2. The first kappa shape index (κ1) is 11.2. The van der Waals surface area contributed by atoms with E-state index in [1.165, 1.54) is 6.20 Å². The molecule has 0 aliphatic carbocycles. The van der Waals surface area contributed by atoms with E-state index in [-0.39, 0.29) is 5.82 Å². The fraction of sp³-hybridized carbons (Fsp3) is 0.167. The summed E-state index contributed by atoms with van der Waals surface area (Å²) in [6, 6.07) is 7.18. The third kappa shape index (κ3) is 2.44. The van der Waals surface area contributed by atoms with E-state index in [9.17, 15) is 10.1 Å². The molecule has 0 aliphatic rings. The zero-order valence-electron chi connectivity index (χ0n) is 9.33. The highest BCUT2D eigenvalue weighted by atomic mass is 16.6. The molecule has 0 atom stereocenters. The Labute approximate surface area is 98.3 Å². The molecule has 0 saturated heterocycles. The van der Waals surface area contributed by atoms with E-state index in [1.54, 1.807) is 18.3 Å². The number of rotatable bonds is 3. The summed E-state index contributed by atoms with van der Waals surface area (Å²) in [6.07, 6.45) is 3.54. The van der Waals surface area contributed by atoms with E-state index in [0.29, 0.717) is 12.0 Å². The third-order valence-corrected chi connectivity index (χ3v) is 2.52. The Morgan fingerprint density at radius 3 is 2.65 bits per heavy atom. The van der Waals surface area contributed by atoms with Gasteiger partial charge in [-0.05, 0) is 40.6 Å². The lowest BCUT2D eigenvalue weighted by Gasteiger charge is -2.04. The van der Waals surface area contributed by atoms with Gasteiger partial charge in [-0.1, -0.05) is 6.07 Å². The molecule has 2 heterocycles. The maximum absolute atomic E-state index is 10.8. The Morgan fingerprint density at radius 1 is 1.24 bits per heavy atom. The summed E-state index contributed by atoms with van der Waals surface area (Å²) in [6.45, 7) is 1.94. The molecule has 2 aromatic heterocycles. The van der Waals surface area contributed by atoms with Gasteiger partial charge in [0, 0.05) is 18.3 Å². The van der Waals surface area contributed by atoms with E-state index in [2.05, 4.69) is 9.97 Å². The lowest BCUT2D eigenvalue weighted by molar-refractivity contribution is -0.390. The van der Waals surface area contributed by atoms with E-state index >= 15 is 0 Å². The smallest absolute Gasteiger partial charge is 0.358 e. The summed E-state index contributed by atoms with van der Waals surface area (Å²) >= 11 is 0. The quantitative estimate of drug-likeness (QED) is 0.598. The molecule has 2 rings (SSSR count). The molecule has 0 spiro atoms. The number of nitro groups is 1. The molecule has 0 bridgehead atoms. The molecular weight excluding hydrogens is 218 g/mol. The van der Waals surface area contributed by atoms with Crippen molar-refractivity contribution >= 4 is 5.82 Å². The minimum Gasteiger partial charge on any atom is -0.358 e. The van der Waals surface area contributed by atoms with Crippen molar-refractivity contribution in [1.29, 1.82) is 0 Å². The summed E-state index contributed by atoms with van der Waals surface area (Å²) in [5.74, 6) is -0.0995. The first-order valence-corrected chi connectivity index (χ1v) is 5.17. The predicted octanol–water partition coefficient (Wildman–Crippen LogP) is 2.28. The SMILES string of the molecule is Cc1cccnc1Cc1cccnc1[N+](=O)[O-]. The van der Waals surface area contributed by atoms with Gasteiger partial charge in [-0.2, -0.15) is 0 Å². The first-order valence-electron chi connectivity index (χ1n) is 5.17. The summed E-state index contributed by atoms with van der Waals surface area (Å²) in [7, 11) is 0. The molecule has 0 radical (unpaired) electrons. The number of hydrogen-bond acceptors (Lipinski definition) is 4. The van der Waals surface area contributed by atoms with Gasteiger partial charge in [0.2, 0.25) is 0 Å². The highest BCUT2D eigenvalue weighted by Gasteiger charge is 2.15. The van der Waals surface area contributed by atoms with Gasteiger partial charge in [-0.15, -0.1) is 0 Å². The summed E-state index contributed by atoms with van der Waals surface area (Å²) in [4.78, 5) is 18.4. The van der Waals surface area contributed by atoms with Gasteiger partial charge in [-0.3, -0.25) is 4.98 Å². The fourth-order valence-electron chi connectivity index (χ4n) is 1.62. The molecule has 5 nitrogen and oxygen atoms in total. The maximum atomic E-state index is 10.8. The second-order valence-electron chi connectivity index (χ2n) is 3.69. The van der Waals surface area contributed by atoms with Gasteiger partial charge in [0.15, 0.2) is 0 Å². The van der Waals surface area contributed by atoms with Crippen molar-refractivity contribution in [3.8, 4) is 0 Å². The summed E-state index contributed by atoms with van der Waals surface area (Å²) < 4.78 is 0. The van der Waals surface area contributed by atoms with Crippen LogP contribution in [0.5, 0.6) is 0 Å². The Balaban J connectivity index is 2.37. The fourth-order valence-corrected chi connectivity index (χ4v) is 1.62. The van der Waals surface area contributed by atoms with Gasteiger partial charge >= 0.3 is 5.82 Å². The average Bonchev–Trinajstić information content (AvgIpc) is 2.32.